The zero-order chi connectivity index (χ0) is 23.9. The lowest BCUT2D eigenvalue weighted by Crippen LogP contribution is -2.46. The molecule has 0 spiro atoms. The fourth-order valence-corrected chi connectivity index (χ4v) is 5.42. The SMILES string of the molecule is COC(=O)C1=C[C@]2(COCOCC[Si](C)(C)C)CC[C@H](OCc3ccccc3)C[C@H]2CC1=O. The Bertz CT molecular complexity index is 831. The standard InChI is InChI=1S/C26H38O6Si/c1-29-25(28)23-16-26(18-31-19-30-12-13-33(2,3)4)11-10-22(14-21(26)15-24(23)27)32-17-20-8-6-5-7-9-20/h5-9,16,21-22H,10-15,17-19H2,1-4H3/t21-,22-,26-/m0/s1. The summed E-state index contributed by atoms with van der Waals surface area (Å²) < 4.78 is 22.7. The van der Waals surface area contributed by atoms with Crippen LogP contribution in [0.1, 0.15) is 31.2 Å². The third-order valence-electron chi connectivity index (χ3n) is 6.72. The normalized spacial score (nSPS) is 25.3. The first-order chi connectivity index (χ1) is 15.7. The van der Waals surface area contributed by atoms with Gasteiger partial charge in [0, 0.05) is 26.5 Å². The van der Waals surface area contributed by atoms with Gasteiger partial charge in [0.25, 0.3) is 0 Å². The molecular formula is C26H38O6Si. The molecule has 33 heavy (non-hydrogen) atoms. The highest BCUT2D eigenvalue weighted by Gasteiger charge is 2.48. The number of ketones is 1. The second-order valence-corrected chi connectivity index (χ2v) is 16.1. The van der Waals surface area contributed by atoms with E-state index < -0.39 is 14.0 Å². The predicted molar refractivity (Wildman–Crippen MR) is 129 cm³/mol. The van der Waals surface area contributed by atoms with Crippen molar-refractivity contribution in [2.75, 3.05) is 27.1 Å². The van der Waals surface area contributed by atoms with Gasteiger partial charge >= 0.3 is 5.97 Å². The Morgan fingerprint density at radius 1 is 1.15 bits per heavy atom. The lowest BCUT2D eigenvalue weighted by atomic mass is 9.60. The van der Waals surface area contributed by atoms with Crippen LogP contribution in [0.4, 0.5) is 0 Å². The van der Waals surface area contributed by atoms with Crippen molar-refractivity contribution < 1.29 is 28.5 Å². The van der Waals surface area contributed by atoms with E-state index >= 15 is 0 Å². The van der Waals surface area contributed by atoms with Crippen molar-refractivity contribution in [1.82, 2.24) is 0 Å². The van der Waals surface area contributed by atoms with Gasteiger partial charge < -0.3 is 18.9 Å². The minimum absolute atomic E-state index is 0.0647. The first kappa shape index (κ1) is 25.8. The molecule has 7 heteroatoms. The molecule has 0 unspecified atom stereocenters. The highest BCUT2D eigenvalue weighted by atomic mass is 28.3. The molecule has 182 valence electrons. The van der Waals surface area contributed by atoms with Crippen LogP contribution in [-0.2, 0) is 35.1 Å². The molecule has 6 nitrogen and oxygen atoms in total. The van der Waals surface area contributed by atoms with Crippen LogP contribution in [0.15, 0.2) is 42.0 Å². The van der Waals surface area contributed by atoms with Gasteiger partial charge in [-0.2, -0.15) is 0 Å². The molecule has 0 aliphatic heterocycles. The van der Waals surface area contributed by atoms with Crippen LogP contribution in [0.2, 0.25) is 25.7 Å². The van der Waals surface area contributed by atoms with Gasteiger partial charge in [0.05, 0.1) is 32.0 Å². The lowest BCUT2D eigenvalue weighted by Gasteiger charge is -2.46. The van der Waals surface area contributed by atoms with E-state index in [1.165, 1.54) is 7.11 Å². The number of methoxy groups -OCH3 is 1. The van der Waals surface area contributed by atoms with E-state index in [-0.39, 0.29) is 35.6 Å². The average molecular weight is 475 g/mol. The molecule has 2 aliphatic rings. The topological polar surface area (TPSA) is 71.1 Å². The Hall–Kier alpha value is -1.80. The monoisotopic (exact) mass is 474 g/mol. The lowest BCUT2D eigenvalue weighted by molar-refractivity contribution is -0.140. The summed E-state index contributed by atoms with van der Waals surface area (Å²) in [4.78, 5) is 24.9. The van der Waals surface area contributed by atoms with Crippen LogP contribution in [0.5, 0.6) is 0 Å². The molecule has 1 fully saturated rings. The summed E-state index contributed by atoms with van der Waals surface area (Å²) >= 11 is 0. The summed E-state index contributed by atoms with van der Waals surface area (Å²) in [6.07, 6.45) is 4.62. The molecule has 1 aromatic rings. The summed E-state index contributed by atoms with van der Waals surface area (Å²) in [6, 6.07) is 11.2. The number of ether oxygens (including phenoxy) is 4. The van der Waals surface area contributed by atoms with Gasteiger partial charge in [0.1, 0.15) is 6.79 Å². The van der Waals surface area contributed by atoms with Gasteiger partial charge in [-0.15, -0.1) is 0 Å². The largest absolute Gasteiger partial charge is 0.465 e. The molecule has 3 rings (SSSR count). The molecule has 0 saturated heterocycles. The van der Waals surface area contributed by atoms with Gasteiger partial charge in [-0.3, -0.25) is 4.79 Å². The second kappa shape index (κ2) is 11.6. The van der Waals surface area contributed by atoms with Crippen molar-refractivity contribution in [3.63, 3.8) is 0 Å². The van der Waals surface area contributed by atoms with Crippen LogP contribution in [0.25, 0.3) is 0 Å². The first-order valence-electron chi connectivity index (χ1n) is 11.9. The van der Waals surface area contributed by atoms with Gasteiger partial charge in [-0.05, 0) is 36.8 Å². The van der Waals surface area contributed by atoms with E-state index in [2.05, 4.69) is 31.8 Å². The van der Waals surface area contributed by atoms with Crippen molar-refractivity contribution in [2.45, 2.75) is 64.1 Å². The highest BCUT2D eigenvalue weighted by Crippen LogP contribution is 2.49. The first-order valence-corrected chi connectivity index (χ1v) is 15.6. The molecule has 0 bridgehead atoms. The van der Waals surface area contributed by atoms with E-state index in [0.29, 0.717) is 26.2 Å². The fraction of sp³-hybridized carbons (Fsp3) is 0.615. The summed E-state index contributed by atoms with van der Waals surface area (Å²) in [5.74, 6) is -0.654. The van der Waals surface area contributed by atoms with Crippen LogP contribution in [0.3, 0.4) is 0 Å². The molecule has 0 N–H and O–H groups in total. The van der Waals surface area contributed by atoms with Crippen LogP contribution < -0.4 is 0 Å². The Balaban J connectivity index is 1.63. The molecule has 0 radical (unpaired) electrons. The maximum Gasteiger partial charge on any atom is 0.341 e. The molecular weight excluding hydrogens is 436 g/mol. The van der Waals surface area contributed by atoms with Gasteiger partial charge in [0.15, 0.2) is 5.78 Å². The van der Waals surface area contributed by atoms with Gasteiger partial charge in [-0.1, -0.05) is 56.0 Å². The van der Waals surface area contributed by atoms with Crippen molar-refractivity contribution in [1.29, 1.82) is 0 Å². The number of carbonyl (C=O) groups is 2. The van der Waals surface area contributed by atoms with Crippen molar-refractivity contribution in [2.24, 2.45) is 11.3 Å². The van der Waals surface area contributed by atoms with Gasteiger partial charge in [0.2, 0.25) is 0 Å². The third-order valence-corrected chi connectivity index (χ3v) is 8.43. The molecule has 0 aromatic heterocycles. The summed E-state index contributed by atoms with van der Waals surface area (Å²) in [7, 11) is 0.166. The molecule has 3 atom stereocenters. The van der Waals surface area contributed by atoms with Crippen molar-refractivity contribution >= 4 is 19.8 Å². The number of carbonyl (C=O) groups excluding carboxylic acids is 2. The Morgan fingerprint density at radius 2 is 1.91 bits per heavy atom. The smallest absolute Gasteiger partial charge is 0.341 e. The molecule has 0 heterocycles. The summed E-state index contributed by atoms with van der Waals surface area (Å²) in [5, 5.41) is 0. The predicted octanol–water partition coefficient (Wildman–Crippen LogP) is 4.76. The Morgan fingerprint density at radius 3 is 2.61 bits per heavy atom. The third kappa shape index (κ3) is 7.34. The van der Waals surface area contributed by atoms with E-state index in [0.717, 1.165) is 30.9 Å². The Labute approximate surface area is 198 Å². The minimum atomic E-state index is -1.15. The molecule has 1 saturated carbocycles. The number of hydrogen-bond donors (Lipinski definition) is 0. The van der Waals surface area contributed by atoms with E-state index in [1.807, 2.05) is 24.3 Å². The maximum atomic E-state index is 12.7. The number of rotatable bonds is 11. The van der Waals surface area contributed by atoms with Crippen LogP contribution in [-0.4, -0.2) is 53.0 Å². The maximum absolute atomic E-state index is 12.7. The highest BCUT2D eigenvalue weighted by molar-refractivity contribution is 6.76. The van der Waals surface area contributed by atoms with E-state index in [4.69, 9.17) is 18.9 Å². The Kier molecular flexibility index (Phi) is 9.04. The summed E-state index contributed by atoms with van der Waals surface area (Å²) in [6.45, 7) is 8.85. The molecule has 1 aromatic carbocycles. The van der Waals surface area contributed by atoms with Crippen LogP contribution in [0, 0.1) is 11.3 Å². The summed E-state index contributed by atoms with van der Waals surface area (Å²) in [5.41, 5.74) is 0.910. The molecule has 0 amide bonds. The number of esters is 1. The second-order valence-electron chi connectivity index (χ2n) is 10.5. The van der Waals surface area contributed by atoms with Crippen LogP contribution >= 0.6 is 0 Å². The van der Waals surface area contributed by atoms with E-state index in [9.17, 15) is 9.59 Å². The average Bonchev–Trinajstić information content (AvgIpc) is 2.79. The number of Topliss-reactive ketones (excluding diaryl/α,β-unsaturated/α-hetero) is 1. The number of fused-ring (bicyclic) bond motifs is 1. The quantitative estimate of drug-likeness (QED) is 0.151. The molecule has 2 aliphatic carbocycles. The van der Waals surface area contributed by atoms with Crippen molar-refractivity contribution in [3.8, 4) is 0 Å². The zero-order valence-electron chi connectivity index (χ0n) is 20.4. The number of hydrogen-bond acceptors (Lipinski definition) is 6. The zero-order valence-corrected chi connectivity index (χ0v) is 21.4. The fourth-order valence-electron chi connectivity index (χ4n) is 4.66. The minimum Gasteiger partial charge on any atom is -0.465 e. The van der Waals surface area contributed by atoms with E-state index in [1.54, 1.807) is 0 Å². The van der Waals surface area contributed by atoms with Gasteiger partial charge in [-0.25, -0.2) is 4.79 Å². The number of benzene rings is 1. The van der Waals surface area contributed by atoms with Crippen molar-refractivity contribution in [3.05, 3.63) is 47.5 Å².